The molecule has 1 aromatic heterocycles. The zero-order valence-corrected chi connectivity index (χ0v) is 12.9. The Kier molecular flexibility index (Phi) is 3.25. The smallest absolute Gasteiger partial charge is 0.137 e. The number of nitrogens with zero attached hydrogens (tertiary/aromatic N) is 4. The van der Waals surface area contributed by atoms with Crippen LogP contribution in [0, 0.1) is 12.8 Å². The van der Waals surface area contributed by atoms with Gasteiger partial charge in [0.2, 0.25) is 0 Å². The molecular formula is C16H25N5. The molecule has 1 saturated heterocycles. The molecule has 2 N–H and O–H groups in total. The van der Waals surface area contributed by atoms with Crippen LogP contribution in [0.2, 0.25) is 0 Å². The average Bonchev–Trinajstić information content (AvgIpc) is 3.36. The van der Waals surface area contributed by atoms with Crippen LogP contribution >= 0.6 is 0 Å². The highest BCUT2D eigenvalue weighted by Gasteiger charge is 2.30. The minimum Gasteiger partial charge on any atom is -0.383 e. The summed E-state index contributed by atoms with van der Waals surface area (Å²) >= 11 is 0. The van der Waals surface area contributed by atoms with E-state index in [-0.39, 0.29) is 0 Å². The van der Waals surface area contributed by atoms with E-state index in [1.54, 1.807) is 0 Å². The minimum absolute atomic E-state index is 0.558. The van der Waals surface area contributed by atoms with Crippen molar-refractivity contribution in [3.63, 3.8) is 0 Å². The summed E-state index contributed by atoms with van der Waals surface area (Å²) in [5, 5.41) is 0. The predicted octanol–water partition coefficient (Wildman–Crippen LogP) is 1.78. The molecule has 0 aromatic carbocycles. The molecule has 0 unspecified atom stereocenters. The van der Waals surface area contributed by atoms with Crippen LogP contribution < -0.4 is 10.6 Å². The van der Waals surface area contributed by atoms with Crippen molar-refractivity contribution in [1.29, 1.82) is 0 Å². The molecule has 2 heterocycles. The molecule has 0 spiro atoms. The Morgan fingerprint density at radius 3 is 2.38 bits per heavy atom. The Morgan fingerprint density at radius 1 is 1.05 bits per heavy atom. The van der Waals surface area contributed by atoms with E-state index in [0.717, 1.165) is 49.3 Å². The van der Waals surface area contributed by atoms with Crippen molar-refractivity contribution >= 4 is 11.6 Å². The number of hydrogen-bond acceptors (Lipinski definition) is 5. The quantitative estimate of drug-likeness (QED) is 0.914. The maximum Gasteiger partial charge on any atom is 0.137 e. The van der Waals surface area contributed by atoms with E-state index >= 15 is 0 Å². The zero-order valence-electron chi connectivity index (χ0n) is 12.9. The SMILES string of the molecule is Cc1c(N)nc(C2CC2)nc1N1CCN(CC2CC2)CC1. The molecule has 3 fully saturated rings. The van der Waals surface area contributed by atoms with Gasteiger partial charge in [0.1, 0.15) is 17.5 Å². The van der Waals surface area contributed by atoms with Gasteiger partial charge in [-0.05, 0) is 38.5 Å². The maximum atomic E-state index is 6.11. The minimum atomic E-state index is 0.558. The predicted molar refractivity (Wildman–Crippen MR) is 84.5 cm³/mol. The highest BCUT2D eigenvalue weighted by atomic mass is 15.3. The number of piperazine rings is 1. The molecule has 5 nitrogen and oxygen atoms in total. The summed E-state index contributed by atoms with van der Waals surface area (Å²) in [6, 6.07) is 0. The lowest BCUT2D eigenvalue weighted by molar-refractivity contribution is 0.247. The molecule has 0 radical (unpaired) electrons. The summed E-state index contributed by atoms with van der Waals surface area (Å²) < 4.78 is 0. The second-order valence-corrected chi connectivity index (χ2v) is 6.92. The van der Waals surface area contributed by atoms with E-state index in [1.807, 2.05) is 0 Å². The van der Waals surface area contributed by atoms with Crippen LogP contribution in [0.4, 0.5) is 11.6 Å². The van der Waals surface area contributed by atoms with Crippen molar-refractivity contribution in [3.8, 4) is 0 Å². The van der Waals surface area contributed by atoms with Gasteiger partial charge >= 0.3 is 0 Å². The van der Waals surface area contributed by atoms with Gasteiger partial charge in [-0.1, -0.05) is 0 Å². The molecule has 1 aromatic rings. The molecule has 21 heavy (non-hydrogen) atoms. The van der Waals surface area contributed by atoms with Gasteiger partial charge in [-0.15, -0.1) is 0 Å². The van der Waals surface area contributed by atoms with Crippen LogP contribution in [0.5, 0.6) is 0 Å². The Balaban J connectivity index is 1.48. The summed E-state index contributed by atoms with van der Waals surface area (Å²) in [4.78, 5) is 14.3. The molecule has 0 atom stereocenters. The van der Waals surface area contributed by atoms with Crippen LogP contribution in [0.25, 0.3) is 0 Å². The van der Waals surface area contributed by atoms with Gasteiger partial charge in [-0.2, -0.15) is 0 Å². The van der Waals surface area contributed by atoms with Crippen LogP contribution in [-0.4, -0.2) is 47.6 Å². The van der Waals surface area contributed by atoms with Crippen LogP contribution in [0.15, 0.2) is 0 Å². The molecule has 4 rings (SSSR count). The van der Waals surface area contributed by atoms with Gasteiger partial charge in [0, 0.05) is 44.2 Å². The van der Waals surface area contributed by atoms with Crippen molar-refractivity contribution in [1.82, 2.24) is 14.9 Å². The van der Waals surface area contributed by atoms with Crippen molar-refractivity contribution in [2.45, 2.75) is 38.5 Å². The lowest BCUT2D eigenvalue weighted by Crippen LogP contribution is -2.47. The molecule has 0 amide bonds. The average molecular weight is 287 g/mol. The first-order valence-electron chi connectivity index (χ1n) is 8.32. The molecule has 3 aliphatic rings. The number of aromatic nitrogens is 2. The van der Waals surface area contributed by atoms with Crippen molar-refractivity contribution < 1.29 is 0 Å². The summed E-state index contributed by atoms with van der Waals surface area (Å²) in [7, 11) is 0. The van der Waals surface area contributed by atoms with Gasteiger partial charge < -0.3 is 10.6 Å². The van der Waals surface area contributed by atoms with E-state index in [0.29, 0.717) is 11.7 Å². The fourth-order valence-corrected chi connectivity index (χ4v) is 3.18. The molecular weight excluding hydrogens is 262 g/mol. The largest absolute Gasteiger partial charge is 0.383 e. The lowest BCUT2D eigenvalue weighted by atomic mass is 10.2. The van der Waals surface area contributed by atoms with Crippen molar-refractivity contribution in [2.75, 3.05) is 43.4 Å². The molecule has 5 heteroatoms. The maximum absolute atomic E-state index is 6.11. The second-order valence-electron chi connectivity index (χ2n) is 6.92. The van der Waals surface area contributed by atoms with E-state index in [4.69, 9.17) is 10.7 Å². The third-order valence-corrected chi connectivity index (χ3v) is 5.00. The van der Waals surface area contributed by atoms with Crippen LogP contribution in [0.1, 0.15) is 43.0 Å². The highest BCUT2D eigenvalue weighted by molar-refractivity contribution is 5.57. The van der Waals surface area contributed by atoms with Gasteiger partial charge in [-0.3, -0.25) is 4.90 Å². The lowest BCUT2D eigenvalue weighted by Gasteiger charge is -2.36. The number of nitrogens with two attached hydrogens (primary N) is 1. The number of rotatable bonds is 4. The van der Waals surface area contributed by atoms with E-state index in [1.165, 1.54) is 32.2 Å². The van der Waals surface area contributed by atoms with Gasteiger partial charge in [0.15, 0.2) is 0 Å². The topological polar surface area (TPSA) is 58.3 Å². The standard InChI is InChI=1S/C16H25N5/c1-11-14(17)18-15(13-4-5-13)19-16(11)21-8-6-20(7-9-21)10-12-2-3-12/h12-13H,2-10H2,1H3,(H2,17,18,19). The number of nitrogen functional groups attached to an aromatic ring is 1. The summed E-state index contributed by atoms with van der Waals surface area (Å²) in [6.45, 7) is 7.78. The fraction of sp³-hybridized carbons (Fsp3) is 0.750. The molecule has 1 aliphatic heterocycles. The molecule has 114 valence electrons. The molecule has 0 bridgehead atoms. The zero-order chi connectivity index (χ0) is 14.4. The van der Waals surface area contributed by atoms with E-state index < -0.39 is 0 Å². The van der Waals surface area contributed by atoms with Gasteiger partial charge in [0.05, 0.1) is 0 Å². The van der Waals surface area contributed by atoms with Gasteiger partial charge in [0.25, 0.3) is 0 Å². The Bertz CT molecular complexity index is 528. The number of anilines is 2. The Morgan fingerprint density at radius 2 is 1.76 bits per heavy atom. The second kappa shape index (κ2) is 5.13. The van der Waals surface area contributed by atoms with E-state index in [9.17, 15) is 0 Å². The summed E-state index contributed by atoms with van der Waals surface area (Å²) in [6.07, 6.45) is 5.31. The van der Waals surface area contributed by atoms with Gasteiger partial charge in [-0.25, -0.2) is 9.97 Å². The van der Waals surface area contributed by atoms with Crippen molar-refractivity contribution in [2.24, 2.45) is 5.92 Å². The normalized spacial score (nSPS) is 23.6. The summed E-state index contributed by atoms with van der Waals surface area (Å²) in [5.74, 6) is 4.25. The third-order valence-electron chi connectivity index (χ3n) is 5.00. The number of hydrogen-bond donors (Lipinski definition) is 1. The fourth-order valence-electron chi connectivity index (χ4n) is 3.18. The molecule has 2 aliphatic carbocycles. The monoisotopic (exact) mass is 287 g/mol. The molecule has 2 saturated carbocycles. The van der Waals surface area contributed by atoms with E-state index in [2.05, 4.69) is 21.7 Å². The first-order valence-corrected chi connectivity index (χ1v) is 8.32. The third kappa shape index (κ3) is 2.84. The Hall–Kier alpha value is -1.36. The Labute approximate surface area is 126 Å². The van der Waals surface area contributed by atoms with Crippen LogP contribution in [0.3, 0.4) is 0 Å². The first kappa shape index (κ1) is 13.3. The summed E-state index contributed by atoms with van der Waals surface area (Å²) in [5.41, 5.74) is 7.16. The van der Waals surface area contributed by atoms with Crippen molar-refractivity contribution in [3.05, 3.63) is 11.4 Å². The highest BCUT2D eigenvalue weighted by Crippen LogP contribution is 2.39. The van der Waals surface area contributed by atoms with Crippen LogP contribution in [-0.2, 0) is 0 Å². The first-order chi connectivity index (χ1) is 10.2.